The summed E-state index contributed by atoms with van der Waals surface area (Å²) in [6.07, 6.45) is 0.587. The largest absolute Gasteiger partial charge is 0.398 e. The minimum Gasteiger partial charge on any atom is -0.398 e. The van der Waals surface area contributed by atoms with E-state index in [4.69, 9.17) is 21.9 Å². The highest BCUT2D eigenvalue weighted by Gasteiger charge is 2.12. The molecule has 0 aliphatic rings. The first kappa shape index (κ1) is 14.1. The average Bonchev–Trinajstić information content (AvgIpc) is 2.90. The number of anilines is 1. The molecule has 3 rings (SSSR count). The monoisotopic (exact) mass is 363 g/mol. The Morgan fingerprint density at radius 2 is 2.05 bits per heavy atom. The highest BCUT2D eigenvalue weighted by Crippen LogP contribution is 2.27. The number of benzene rings is 2. The molecule has 6 heteroatoms. The van der Waals surface area contributed by atoms with Crippen molar-refractivity contribution in [3.63, 3.8) is 0 Å². The molecule has 0 saturated heterocycles. The fourth-order valence-corrected chi connectivity index (χ4v) is 2.60. The van der Waals surface area contributed by atoms with Gasteiger partial charge in [-0.25, -0.2) is 0 Å². The molecule has 0 fully saturated rings. The van der Waals surface area contributed by atoms with Crippen molar-refractivity contribution in [1.29, 1.82) is 0 Å². The predicted molar refractivity (Wildman–Crippen MR) is 86.1 cm³/mol. The van der Waals surface area contributed by atoms with Crippen LogP contribution in [0.25, 0.3) is 11.5 Å². The quantitative estimate of drug-likeness (QED) is 0.703. The van der Waals surface area contributed by atoms with Crippen molar-refractivity contribution in [2.75, 3.05) is 5.73 Å². The lowest BCUT2D eigenvalue weighted by molar-refractivity contribution is 0.424. The number of nitrogen functional groups attached to an aromatic ring is 1. The van der Waals surface area contributed by atoms with Gasteiger partial charge in [0.2, 0.25) is 0 Å². The fraction of sp³-hybridized carbons (Fsp3) is 0.0667. The number of hydrogen-bond acceptors (Lipinski definition) is 4. The van der Waals surface area contributed by atoms with Crippen molar-refractivity contribution < 1.29 is 4.52 Å². The third-order valence-electron chi connectivity index (χ3n) is 2.97. The van der Waals surface area contributed by atoms with Gasteiger partial charge in [-0.3, -0.25) is 0 Å². The van der Waals surface area contributed by atoms with Gasteiger partial charge in [-0.15, -0.1) is 0 Å². The molecule has 106 valence electrons. The average molecular weight is 365 g/mol. The minimum atomic E-state index is 0.375. The van der Waals surface area contributed by atoms with Gasteiger partial charge in [0.1, 0.15) is 0 Å². The van der Waals surface area contributed by atoms with E-state index < -0.39 is 0 Å². The maximum atomic E-state index is 5.97. The maximum Gasteiger partial charge on any atom is 0.260 e. The van der Waals surface area contributed by atoms with Crippen LogP contribution in [0.15, 0.2) is 51.5 Å². The number of rotatable bonds is 3. The molecule has 0 bridgehead atoms. The summed E-state index contributed by atoms with van der Waals surface area (Å²) in [5, 5.41) is 4.56. The molecular weight excluding hydrogens is 354 g/mol. The topological polar surface area (TPSA) is 64.9 Å². The van der Waals surface area contributed by atoms with Crippen LogP contribution in [0.2, 0.25) is 5.02 Å². The van der Waals surface area contributed by atoms with Crippen molar-refractivity contribution >= 4 is 33.2 Å². The molecule has 0 atom stereocenters. The van der Waals surface area contributed by atoms with Gasteiger partial charge in [-0.1, -0.05) is 44.8 Å². The zero-order valence-corrected chi connectivity index (χ0v) is 13.2. The molecule has 3 aromatic rings. The minimum absolute atomic E-state index is 0.375. The van der Waals surface area contributed by atoms with Crippen molar-refractivity contribution in [2.45, 2.75) is 6.42 Å². The highest BCUT2D eigenvalue weighted by atomic mass is 79.9. The number of halogens is 2. The van der Waals surface area contributed by atoms with E-state index in [0.29, 0.717) is 34.4 Å². The Morgan fingerprint density at radius 3 is 2.86 bits per heavy atom. The van der Waals surface area contributed by atoms with Gasteiger partial charge in [-0.2, -0.15) is 4.98 Å². The smallest absolute Gasteiger partial charge is 0.260 e. The second-order valence-corrected chi connectivity index (χ2v) is 5.91. The number of nitrogens with two attached hydrogens (primary N) is 1. The molecule has 0 unspecified atom stereocenters. The van der Waals surface area contributed by atoms with Crippen LogP contribution >= 0.6 is 27.5 Å². The molecule has 0 radical (unpaired) electrons. The molecule has 21 heavy (non-hydrogen) atoms. The molecule has 2 aromatic carbocycles. The first-order valence-corrected chi connectivity index (χ1v) is 7.41. The lowest BCUT2D eigenvalue weighted by atomic mass is 10.1. The van der Waals surface area contributed by atoms with Gasteiger partial charge in [0.05, 0.1) is 5.56 Å². The zero-order valence-electron chi connectivity index (χ0n) is 10.9. The molecule has 2 N–H and O–H groups in total. The van der Waals surface area contributed by atoms with E-state index in [1.54, 1.807) is 18.2 Å². The van der Waals surface area contributed by atoms with Crippen LogP contribution in [0.1, 0.15) is 11.4 Å². The third kappa shape index (κ3) is 3.25. The maximum absolute atomic E-state index is 5.97. The number of hydrogen-bond donors (Lipinski definition) is 1. The van der Waals surface area contributed by atoms with Gasteiger partial charge in [-0.05, 0) is 35.9 Å². The lowest BCUT2D eigenvalue weighted by Crippen LogP contribution is -1.92. The SMILES string of the molecule is Nc1ccc(Cl)cc1-c1nc(Cc2cccc(Br)c2)no1. The first-order chi connectivity index (χ1) is 10.1. The molecular formula is C15H11BrClN3O. The summed E-state index contributed by atoms with van der Waals surface area (Å²) in [7, 11) is 0. The normalized spacial score (nSPS) is 10.8. The van der Waals surface area contributed by atoms with Crippen LogP contribution < -0.4 is 5.73 Å². The predicted octanol–water partition coefficient (Wildman–Crippen LogP) is 4.33. The van der Waals surface area contributed by atoms with E-state index in [-0.39, 0.29) is 0 Å². The van der Waals surface area contributed by atoms with E-state index in [9.17, 15) is 0 Å². The summed E-state index contributed by atoms with van der Waals surface area (Å²) in [5.41, 5.74) is 8.21. The van der Waals surface area contributed by atoms with Crippen LogP contribution in [0, 0.1) is 0 Å². The Labute approximate surface area is 135 Å². The van der Waals surface area contributed by atoms with Crippen molar-refractivity contribution in [3.8, 4) is 11.5 Å². The Balaban J connectivity index is 1.88. The van der Waals surface area contributed by atoms with E-state index in [1.807, 2.05) is 24.3 Å². The van der Waals surface area contributed by atoms with Gasteiger partial charge < -0.3 is 10.3 Å². The van der Waals surface area contributed by atoms with E-state index in [2.05, 4.69) is 26.1 Å². The standard InChI is InChI=1S/C15H11BrClN3O/c16-10-3-1-2-9(6-10)7-14-19-15(21-20-14)12-8-11(17)4-5-13(12)18/h1-6,8H,7,18H2. The van der Waals surface area contributed by atoms with E-state index in [0.717, 1.165) is 10.0 Å². The molecule has 1 aromatic heterocycles. The molecule has 0 spiro atoms. The van der Waals surface area contributed by atoms with Crippen LogP contribution in [0.4, 0.5) is 5.69 Å². The first-order valence-electron chi connectivity index (χ1n) is 6.24. The Morgan fingerprint density at radius 1 is 1.19 bits per heavy atom. The Kier molecular flexibility index (Phi) is 3.94. The van der Waals surface area contributed by atoms with Crippen molar-refractivity contribution in [3.05, 3.63) is 63.3 Å². The summed E-state index contributed by atoms with van der Waals surface area (Å²) in [5.74, 6) is 0.975. The fourth-order valence-electron chi connectivity index (χ4n) is 1.98. The second-order valence-electron chi connectivity index (χ2n) is 4.55. The summed E-state index contributed by atoms with van der Waals surface area (Å²) >= 11 is 9.41. The molecule has 1 heterocycles. The highest BCUT2D eigenvalue weighted by molar-refractivity contribution is 9.10. The molecule has 4 nitrogen and oxygen atoms in total. The van der Waals surface area contributed by atoms with Gasteiger partial charge in [0.15, 0.2) is 5.82 Å². The van der Waals surface area contributed by atoms with Crippen LogP contribution in [0.3, 0.4) is 0 Å². The lowest BCUT2D eigenvalue weighted by Gasteiger charge is -2.00. The van der Waals surface area contributed by atoms with Crippen LogP contribution in [0.5, 0.6) is 0 Å². The zero-order chi connectivity index (χ0) is 14.8. The third-order valence-corrected chi connectivity index (χ3v) is 3.69. The molecule has 0 amide bonds. The van der Waals surface area contributed by atoms with Crippen molar-refractivity contribution in [1.82, 2.24) is 10.1 Å². The second kappa shape index (κ2) is 5.87. The Bertz CT molecular complexity index is 788. The van der Waals surface area contributed by atoms with E-state index >= 15 is 0 Å². The molecule has 0 aliphatic heterocycles. The summed E-state index contributed by atoms with van der Waals surface area (Å²) in [6, 6.07) is 13.1. The summed E-state index contributed by atoms with van der Waals surface area (Å²) in [6.45, 7) is 0. The number of nitrogens with zero attached hydrogens (tertiary/aromatic N) is 2. The van der Waals surface area contributed by atoms with Crippen LogP contribution in [-0.2, 0) is 6.42 Å². The van der Waals surface area contributed by atoms with E-state index in [1.165, 1.54) is 0 Å². The molecule has 0 saturated carbocycles. The van der Waals surface area contributed by atoms with Gasteiger partial charge >= 0.3 is 0 Å². The number of aromatic nitrogens is 2. The van der Waals surface area contributed by atoms with Crippen molar-refractivity contribution in [2.24, 2.45) is 0 Å². The van der Waals surface area contributed by atoms with Gasteiger partial charge in [0.25, 0.3) is 5.89 Å². The molecule has 0 aliphatic carbocycles. The van der Waals surface area contributed by atoms with Gasteiger partial charge in [0, 0.05) is 21.6 Å². The summed E-state index contributed by atoms with van der Waals surface area (Å²) in [4.78, 5) is 4.38. The summed E-state index contributed by atoms with van der Waals surface area (Å²) < 4.78 is 6.29. The Hall–Kier alpha value is -1.85. The van der Waals surface area contributed by atoms with Crippen LogP contribution in [-0.4, -0.2) is 10.1 Å².